The molecule has 0 unspecified atom stereocenters. The van der Waals surface area contributed by atoms with Gasteiger partial charge in [0.15, 0.2) is 0 Å². The van der Waals surface area contributed by atoms with E-state index in [2.05, 4.69) is 28.2 Å². The van der Waals surface area contributed by atoms with Crippen molar-refractivity contribution >= 4 is 5.95 Å². The predicted octanol–water partition coefficient (Wildman–Crippen LogP) is 2.14. The second-order valence-corrected chi connectivity index (χ2v) is 8.51. The smallest absolute Gasteiger partial charge is 0.225 e. The highest BCUT2D eigenvalue weighted by Crippen LogP contribution is 2.31. The number of anilines is 1. The average molecular weight is 374 g/mol. The monoisotopic (exact) mass is 373 g/mol. The van der Waals surface area contributed by atoms with Gasteiger partial charge < -0.3 is 20.2 Å². The summed E-state index contributed by atoms with van der Waals surface area (Å²) in [6, 6.07) is 1.04. The van der Waals surface area contributed by atoms with Crippen LogP contribution < -0.4 is 10.2 Å². The number of piperidine rings is 2. The normalized spacial score (nSPS) is 25.6. The van der Waals surface area contributed by atoms with Gasteiger partial charge in [-0.15, -0.1) is 0 Å². The molecule has 0 spiro atoms. The molecule has 150 valence electrons. The largest absolute Gasteiger partial charge is 0.396 e. The highest BCUT2D eigenvalue weighted by Gasteiger charge is 2.28. The third-order valence-corrected chi connectivity index (χ3v) is 6.80. The van der Waals surface area contributed by atoms with Crippen LogP contribution in [0.5, 0.6) is 0 Å². The first-order valence-corrected chi connectivity index (χ1v) is 11.0. The summed E-state index contributed by atoms with van der Waals surface area (Å²) < 4.78 is 0. The maximum atomic E-state index is 9.34. The number of rotatable bonds is 5. The lowest BCUT2D eigenvalue weighted by Crippen LogP contribution is -2.44. The van der Waals surface area contributed by atoms with Crippen molar-refractivity contribution in [1.29, 1.82) is 0 Å². The second kappa shape index (κ2) is 8.84. The first-order valence-electron chi connectivity index (χ1n) is 11.0. The molecule has 2 fully saturated rings. The van der Waals surface area contributed by atoms with E-state index >= 15 is 0 Å². The highest BCUT2D eigenvalue weighted by atomic mass is 16.3. The number of aromatic nitrogens is 2. The van der Waals surface area contributed by atoms with Gasteiger partial charge in [-0.3, -0.25) is 0 Å². The Hall–Kier alpha value is -1.24. The zero-order valence-electron chi connectivity index (χ0n) is 16.7. The van der Waals surface area contributed by atoms with Crippen LogP contribution in [0.15, 0.2) is 6.20 Å². The molecule has 2 saturated heterocycles. The number of nitrogens with zero attached hydrogens (tertiary/aromatic N) is 4. The molecule has 1 aromatic rings. The standard InChI is InChI=1S/C21H35N5O/c1-2-25-10-8-17(9-11-25)23-19-4-3-5-20-18(19)14-22-21(24-20)26-12-6-16(15-27)7-13-26/h14,16-17,19,23,27H,2-13,15H2,1H3/t19-/m0/s1. The lowest BCUT2D eigenvalue weighted by Gasteiger charge is -2.36. The van der Waals surface area contributed by atoms with Gasteiger partial charge in [-0.05, 0) is 70.5 Å². The molecular weight excluding hydrogens is 338 g/mol. The van der Waals surface area contributed by atoms with Crippen molar-refractivity contribution in [2.45, 2.75) is 64.0 Å². The van der Waals surface area contributed by atoms with Crippen LogP contribution >= 0.6 is 0 Å². The Morgan fingerprint density at radius 1 is 1.11 bits per heavy atom. The molecule has 27 heavy (non-hydrogen) atoms. The van der Waals surface area contributed by atoms with Crippen LogP contribution in [0.4, 0.5) is 5.95 Å². The van der Waals surface area contributed by atoms with E-state index in [0.717, 1.165) is 38.3 Å². The number of likely N-dealkylation sites (tertiary alicyclic amines) is 1. The Morgan fingerprint density at radius 2 is 1.89 bits per heavy atom. The van der Waals surface area contributed by atoms with Crippen LogP contribution in [-0.2, 0) is 6.42 Å². The van der Waals surface area contributed by atoms with Crippen molar-refractivity contribution in [2.75, 3.05) is 44.2 Å². The van der Waals surface area contributed by atoms with Crippen LogP contribution in [-0.4, -0.2) is 65.3 Å². The molecule has 1 aliphatic carbocycles. The summed E-state index contributed by atoms with van der Waals surface area (Å²) in [6.45, 7) is 8.09. The van der Waals surface area contributed by atoms with E-state index in [-0.39, 0.29) is 0 Å². The van der Waals surface area contributed by atoms with Crippen molar-refractivity contribution in [3.8, 4) is 0 Å². The zero-order chi connectivity index (χ0) is 18.6. The summed E-state index contributed by atoms with van der Waals surface area (Å²) in [5.41, 5.74) is 2.58. The molecular formula is C21H35N5O. The molecule has 0 bridgehead atoms. The lowest BCUT2D eigenvalue weighted by atomic mass is 9.90. The molecule has 0 saturated carbocycles. The van der Waals surface area contributed by atoms with Crippen molar-refractivity contribution < 1.29 is 5.11 Å². The van der Waals surface area contributed by atoms with Gasteiger partial charge in [-0.2, -0.15) is 0 Å². The first-order chi connectivity index (χ1) is 13.3. The van der Waals surface area contributed by atoms with Crippen LogP contribution in [0.1, 0.15) is 62.7 Å². The summed E-state index contributed by atoms with van der Waals surface area (Å²) in [4.78, 5) is 14.5. The van der Waals surface area contributed by atoms with E-state index < -0.39 is 0 Å². The van der Waals surface area contributed by atoms with Crippen molar-refractivity contribution in [2.24, 2.45) is 5.92 Å². The van der Waals surface area contributed by atoms with E-state index in [1.807, 2.05) is 0 Å². The van der Waals surface area contributed by atoms with Gasteiger partial charge in [0, 0.05) is 43.5 Å². The number of aryl methyl sites for hydroxylation is 1. The Bertz CT molecular complexity index is 609. The van der Waals surface area contributed by atoms with Crippen LogP contribution in [0, 0.1) is 5.92 Å². The summed E-state index contributed by atoms with van der Waals surface area (Å²) in [5.74, 6) is 1.34. The van der Waals surface area contributed by atoms with Crippen LogP contribution in [0.2, 0.25) is 0 Å². The number of fused-ring (bicyclic) bond motifs is 1. The topological polar surface area (TPSA) is 64.5 Å². The molecule has 1 aromatic heterocycles. The maximum absolute atomic E-state index is 9.34. The summed E-state index contributed by atoms with van der Waals surface area (Å²) in [7, 11) is 0. The summed E-state index contributed by atoms with van der Waals surface area (Å²) >= 11 is 0. The molecule has 0 radical (unpaired) electrons. The van der Waals surface area contributed by atoms with Gasteiger partial charge in [0.2, 0.25) is 5.95 Å². The number of aliphatic hydroxyl groups excluding tert-OH is 1. The molecule has 2 aliphatic heterocycles. The molecule has 0 aromatic carbocycles. The fraction of sp³-hybridized carbons (Fsp3) is 0.810. The maximum Gasteiger partial charge on any atom is 0.225 e. The number of hydrogen-bond acceptors (Lipinski definition) is 6. The number of aliphatic hydroxyl groups is 1. The van der Waals surface area contributed by atoms with E-state index in [1.165, 1.54) is 56.6 Å². The molecule has 6 heteroatoms. The SMILES string of the molecule is CCN1CCC(N[C@H]2CCCc3nc(N4CCC(CO)CC4)ncc32)CC1. The van der Waals surface area contributed by atoms with Crippen LogP contribution in [0.25, 0.3) is 0 Å². The molecule has 3 aliphatic rings. The van der Waals surface area contributed by atoms with Crippen molar-refractivity contribution in [1.82, 2.24) is 20.2 Å². The van der Waals surface area contributed by atoms with Crippen LogP contribution in [0.3, 0.4) is 0 Å². The zero-order valence-corrected chi connectivity index (χ0v) is 16.7. The van der Waals surface area contributed by atoms with Crippen molar-refractivity contribution in [3.05, 3.63) is 17.5 Å². The van der Waals surface area contributed by atoms with E-state index in [0.29, 0.717) is 24.6 Å². The average Bonchev–Trinajstić information content (AvgIpc) is 2.74. The van der Waals surface area contributed by atoms with Gasteiger partial charge in [-0.1, -0.05) is 6.92 Å². The number of hydrogen-bond donors (Lipinski definition) is 2. The van der Waals surface area contributed by atoms with E-state index in [1.54, 1.807) is 0 Å². The Morgan fingerprint density at radius 3 is 2.59 bits per heavy atom. The summed E-state index contributed by atoms with van der Waals surface area (Å²) in [5, 5.41) is 13.3. The third kappa shape index (κ3) is 4.44. The first kappa shape index (κ1) is 19.1. The Kier molecular flexibility index (Phi) is 6.25. The van der Waals surface area contributed by atoms with E-state index in [4.69, 9.17) is 9.97 Å². The minimum atomic E-state index is 0.309. The van der Waals surface area contributed by atoms with Crippen molar-refractivity contribution in [3.63, 3.8) is 0 Å². The molecule has 6 nitrogen and oxygen atoms in total. The fourth-order valence-electron chi connectivity index (χ4n) is 4.88. The molecule has 3 heterocycles. The van der Waals surface area contributed by atoms with Gasteiger partial charge in [0.25, 0.3) is 0 Å². The quantitative estimate of drug-likeness (QED) is 0.824. The van der Waals surface area contributed by atoms with Gasteiger partial charge >= 0.3 is 0 Å². The molecule has 2 N–H and O–H groups in total. The predicted molar refractivity (Wildman–Crippen MR) is 108 cm³/mol. The Balaban J connectivity index is 1.40. The van der Waals surface area contributed by atoms with E-state index in [9.17, 15) is 5.11 Å². The third-order valence-electron chi connectivity index (χ3n) is 6.80. The lowest BCUT2D eigenvalue weighted by molar-refractivity contribution is 0.195. The van der Waals surface area contributed by atoms with Gasteiger partial charge in [-0.25, -0.2) is 9.97 Å². The molecule has 4 rings (SSSR count). The minimum Gasteiger partial charge on any atom is -0.396 e. The Labute approximate surface area is 163 Å². The molecule has 0 amide bonds. The summed E-state index contributed by atoms with van der Waals surface area (Å²) in [6.07, 6.45) is 10.2. The minimum absolute atomic E-state index is 0.309. The fourth-order valence-corrected chi connectivity index (χ4v) is 4.88. The van der Waals surface area contributed by atoms with Gasteiger partial charge in [0.1, 0.15) is 0 Å². The second-order valence-electron chi connectivity index (χ2n) is 8.51. The van der Waals surface area contributed by atoms with Gasteiger partial charge in [0.05, 0.1) is 5.69 Å². The highest BCUT2D eigenvalue weighted by molar-refractivity contribution is 5.36. The number of nitrogens with one attached hydrogen (secondary N) is 1. The molecule has 1 atom stereocenters.